The minimum Gasteiger partial charge on any atom is -0.388 e. The van der Waals surface area contributed by atoms with Gasteiger partial charge >= 0.3 is 0 Å². The minimum absolute atomic E-state index is 0.350. The molecule has 1 aromatic heterocycles. The molecule has 0 aliphatic heterocycles. The van der Waals surface area contributed by atoms with Crippen LogP contribution in [0.3, 0.4) is 0 Å². The first kappa shape index (κ1) is 13.3. The third-order valence-corrected chi connectivity index (χ3v) is 3.77. The van der Waals surface area contributed by atoms with Crippen LogP contribution in [0, 0.1) is 5.41 Å². The predicted octanol–water partition coefficient (Wildman–Crippen LogP) is 3.10. The van der Waals surface area contributed by atoms with Crippen LogP contribution in [0.1, 0.15) is 45.2 Å². The summed E-state index contributed by atoms with van der Waals surface area (Å²) >= 11 is 4.95. The molecule has 3 N–H and O–H groups in total. The van der Waals surface area contributed by atoms with Crippen molar-refractivity contribution < 1.29 is 0 Å². The van der Waals surface area contributed by atoms with E-state index in [1.54, 1.807) is 0 Å². The van der Waals surface area contributed by atoms with Gasteiger partial charge in [0.1, 0.15) is 10.8 Å². The van der Waals surface area contributed by atoms with Crippen molar-refractivity contribution in [3.8, 4) is 0 Å². The molecule has 2 rings (SSSR count). The van der Waals surface area contributed by atoms with Crippen LogP contribution in [-0.4, -0.2) is 16.0 Å². The molecule has 0 spiro atoms. The van der Waals surface area contributed by atoms with Gasteiger partial charge in [0, 0.05) is 6.04 Å². The summed E-state index contributed by atoms with van der Waals surface area (Å²) in [5.74, 6) is 0.878. The van der Waals surface area contributed by atoms with Crippen molar-refractivity contribution in [2.45, 2.75) is 45.6 Å². The number of pyridine rings is 1. The smallest absolute Gasteiger partial charge is 0.126 e. The van der Waals surface area contributed by atoms with E-state index in [4.69, 9.17) is 18.0 Å². The maximum Gasteiger partial charge on any atom is 0.126 e. The fourth-order valence-corrected chi connectivity index (χ4v) is 2.80. The zero-order valence-corrected chi connectivity index (χ0v) is 11.9. The van der Waals surface area contributed by atoms with Crippen LogP contribution in [0.25, 0.3) is 0 Å². The van der Waals surface area contributed by atoms with E-state index in [-0.39, 0.29) is 0 Å². The summed E-state index contributed by atoms with van der Waals surface area (Å²) in [5.41, 5.74) is 6.71. The van der Waals surface area contributed by atoms with E-state index in [0.717, 1.165) is 5.82 Å². The van der Waals surface area contributed by atoms with Crippen LogP contribution in [0.5, 0.6) is 0 Å². The highest BCUT2D eigenvalue weighted by atomic mass is 32.1. The Balaban J connectivity index is 2.05. The van der Waals surface area contributed by atoms with Gasteiger partial charge in [-0.2, -0.15) is 0 Å². The Labute approximate surface area is 114 Å². The van der Waals surface area contributed by atoms with E-state index >= 15 is 0 Å². The van der Waals surface area contributed by atoms with Gasteiger partial charge in [0.15, 0.2) is 0 Å². The number of rotatable bonds is 3. The molecule has 18 heavy (non-hydrogen) atoms. The van der Waals surface area contributed by atoms with E-state index in [9.17, 15) is 0 Å². The molecule has 4 heteroatoms. The monoisotopic (exact) mass is 263 g/mol. The number of thiocarbonyl (C=S) groups is 1. The summed E-state index contributed by atoms with van der Waals surface area (Å²) in [6.45, 7) is 4.67. The summed E-state index contributed by atoms with van der Waals surface area (Å²) in [5, 5.41) is 3.51. The maximum atomic E-state index is 5.60. The lowest BCUT2D eigenvalue weighted by Gasteiger charge is -2.35. The average molecular weight is 263 g/mol. The third kappa shape index (κ3) is 3.42. The second-order valence-corrected chi connectivity index (χ2v) is 6.31. The van der Waals surface area contributed by atoms with Crippen molar-refractivity contribution in [1.82, 2.24) is 4.98 Å². The zero-order valence-electron chi connectivity index (χ0n) is 11.1. The molecule has 1 saturated carbocycles. The number of nitrogens with zero attached hydrogens (tertiary/aromatic N) is 1. The molecule has 98 valence electrons. The normalized spacial score (nSPS) is 22.4. The molecular formula is C14H21N3S. The fourth-order valence-electron chi connectivity index (χ4n) is 2.68. The largest absolute Gasteiger partial charge is 0.388 e. The van der Waals surface area contributed by atoms with Gasteiger partial charge in [-0.1, -0.05) is 38.6 Å². The highest BCUT2D eigenvalue weighted by Crippen LogP contribution is 2.36. The third-order valence-electron chi connectivity index (χ3n) is 3.56. The SMILES string of the molecule is CC1(C)CCCC(Nc2cccc(C(N)=S)n2)C1. The molecule has 0 bridgehead atoms. The van der Waals surface area contributed by atoms with Gasteiger partial charge in [-0.15, -0.1) is 0 Å². The van der Waals surface area contributed by atoms with Crippen molar-refractivity contribution in [1.29, 1.82) is 0 Å². The van der Waals surface area contributed by atoms with Gasteiger partial charge in [-0.05, 0) is 36.8 Å². The van der Waals surface area contributed by atoms with Crippen LogP contribution in [0.4, 0.5) is 5.82 Å². The van der Waals surface area contributed by atoms with Crippen LogP contribution in [-0.2, 0) is 0 Å². The number of hydrogen-bond acceptors (Lipinski definition) is 3. The Bertz CT molecular complexity index is 442. The molecule has 3 nitrogen and oxygen atoms in total. The number of anilines is 1. The second-order valence-electron chi connectivity index (χ2n) is 5.87. The Kier molecular flexibility index (Phi) is 3.85. The highest BCUT2D eigenvalue weighted by molar-refractivity contribution is 7.80. The first-order valence-electron chi connectivity index (χ1n) is 6.50. The lowest BCUT2D eigenvalue weighted by molar-refractivity contribution is 0.229. The standard InChI is InChI=1S/C14H21N3S/c1-14(2)8-4-5-10(9-14)16-12-7-3-6-11(17-12)13(15)18/h3,6-7,10H,4-5,8-9H2,1-2H3,(H2,15,18)(H,16,17). The lowest BCUT2D eigenvalue weighted by atomic mass is 9.75. The fraction of sp³-hybridized carbons (Fsp3) is 0.571. The number of aromatic nitrogens is 1. The molecule has 0 radical (unpaired) electrons. The molecule has 1 heterocycles. The van der Waals surface area contributed by atoms with E-state index in [0.29, 0.717) is 22.1 Å². The molecule has 0 aromatic carbocycles. The topological polar surface area (TPSA) is 50.9 Å². The molecule has 1 aliphatic rings. The molecule has 1 aliphatic carbocycles. The van der Waals surface area contributed by atoms with Crippen LogP contribution < -0.4 is 11.1 Å². The summed E-state index contributed by atoms with van der Waals surface area (Å²) in [6.07, 6.45) is 4.99. The predicted molar refractivity (Wildman–Crippen MR) is 79.8 cm³/mol. The highest BCUT2D eigenvalue weighted by Gasteiger charge is 2.27. The quantitative estimate of drug-likeness (QED) is 0.823. The molecule has 1 fully saturated rings. The first-order chi connectivity index (χ1) is 8.46. The van der Waals surface area contributed by atoms with E-state index in [1.165, 1.54) is 25.7 Å². The van der Waals surface area contributed by atoms with Gasteiger partial charge in [-0.25, -0.2) is 4.98 Å². The van der Waals surface area contributed by atoms with Gasteiger partial charge in [-0.3, -0.25) is 0 Å². The van der Waals surface area contributed by atoms with Crippen molar-refractivity contribution in [2.24, 2.45) is 11.1 Å². The Morgan fingerprint density at radius 2 is 2.28 bits per heavy atom. The number of nitrogens with one attached hydrogen (secondary N) is 1. The van der Waals surface area contributed by atoms with Crippen molar-refractivity contribution in [3.05, 3.63) is 23.9 Å². The van der Waals surface area contributed by atoms with Gasteiger partial charge < -0.3 is 11.1 Å². The minimum atomic E-state index is 0.350. The van der Waals surface area contributed by atoms with Crippen LogP contribution in [0.15, 0.2) is 18.2 Å². The summed E-state index contributed by atoms with van der Waals surface area (Å²) in [7, 11) is 0. The first-order valence-corrected chi connectivity index (χ1v) is 6.90. The van der Waals surface area contributed by atoms with Crippen molar-refractivity contribution in [3.63, 3.8) is 0 Å². The second kappa shape index (κ2) is 5.22. The van der Waals surface area contributed by atoms with E-state index in [2.05, 4.69) is 24.1 Å². The Morgan fingerprint density at radius 1 is 1.50 bits per heavy atom. The number of hydrogen-bond donors (Lipinski definition) is 2. The molecule has 1 unspecified atom stereocenters. The lowest BCUT2D eigenvalue weighted by Crippen LogP contribution is -2.32. The molecule has 0 saturated heterocycles. The Morgan fingerprint density at radius 3 is 2.94 bits per heavy atom. The van der Waals surface area contributed by atoms with Gasteiger partial charge in [0.25, 0.3) is 0 Å². The number of nitrogens with two attached hydrogens (primary N) is 1. The van der Waals surface area contributed by atoms with E-state index in [1.807, 2.05) is 18.2 Å². The van der Waals surface area contributed by atoms with Gasteiger partial charge in [0.2, 0.25) is 0 Å². The zero-order chi connectivity index (χ0) is 13.2. The van der Waals surface area contributed by atoms with Crippen molar-refractivity contribution >= 4 is 23.0 Å². The summed E-state index contributed by atoms with van der Waals surface area (Å²) in [4.78, 5) is 4.79. The summed E-state index contributed by atoms with van der Waals surface area (Å²) in [6, 6.07) is 6.27. The van der Waals surface area contributed by atoms with Gasteiger partial charge in [0.05, 0.1) is 5.69 Å². The molecular weight excluding hydrogens is 242 g/mol. The van der Waals surface area contributed by atoms with Crippen LogP contribution >= 0.6 is 12.2 Å². The van der Waals surface area contributed by atoms with Crippen LogP contribution in [0.2, 0.25) is 0 Å². The Hall–Kier alpha value is -1.16. The molecule has 1 atom stereocenters. The summed E-state index contributed by atoms with van der Waals surface area (Å²) < 4.78 is 0. The average Bonchev–Trinajstić information content (AvgIpc) is 2.28. The van der Waals surface area contributed by atoms with Crippen molar-refractivity contribution in [2.75, 3.05) is 5.32 Å². The van der Waals surface area contributed by atoms with E-state index < -0.39 is 0 Å². The maximum absolute atomic E-state index is 5.60. The molecule has 0 amide bonds. The molecule has 1 aromatic rings.